The Kier molecular flexibility index (Phi) is 4.77. The van der Waals surface area contributed by atoms with Crippen molar-refractivity contribution >= 4 is 5.97 Å². The number of benzene rings is 2. The molecule has 3 heteroatoms. The normalized spacial score (nSPS) is 28.4. The fourth-order valence-corrected chi connectivity index (χ4v) is 5.46. The summed E-state index contributed by atoms with van der Waals surface area (Å²) in [5, 5.41) is 20.4. The predicted octanol–water partition coefficient (Wildman–Crippen LogP) is 4.37. The molecule has 0 heterocycles. The van der Waals surface area contributed by atoms with Crippen molar-refractivity contribution in [3.05, 3.63) is 70.8 Å². The lowest BCUT2D eigenvalue weighted by Crippen LogP contribution is -2.50. The maximum atomic E-state index is 11.4. The topological polar surface area (TPSA) is 57.5 Å². The average molecular weight is 374 g/mol. The third kappa shape index (κ3) is 3.23. The lowest BCUT2D eigenvalue weighted by molar-refractivity contribution is -0.00801. The molecule has 2 aliphatic carbocycles. The summed E-state index contributed by atoms with van der Waals surface area (Å²) in [4.78, 5) is 11.4. The summed E-state index contributed by atoms with van der Waals surface area (Å²) in [6.07, 6.45) is 4.91. The summed E-state index contributed by atoms with van der Waals surface area (Å²) in [7, 11) is 0. The van der Waals surface area contributed by atoms with Gasteiger partial charge in [-0.3, -0.25) is 0 Å². The van der Waals surface area contributed by atoms with Crippen molar-refractivity contribution in [2.45, 2.75) is 56.5 Å². The van der Waals surface area contributed by atoms with Crippen molar-refractivity contribution in [1.29, 1.82) is 0 Å². The molecule has 0 saturated heterocycles. The molecule has 0 amide bonds. The van der Waals surface area contributed by atoms with Crippen molar-refractivity contribution in [3.8, 4) is 11.8 Å². The quantitative estimate of drug-likeness (QED) is 0.785. The van der Waals surface area contributed by atoms with Crippen LogP contribution >= 0.6 is 0 Å². The zero-order valence-electron chi connectivity index (χ0n) is 16.2. The molecule has 3 unspecified atom stereocenters. The van der Waals surface area contributed by atoms with Gasteiger partial charge in [-0.2, -0.15) is 0 Å². The lowest BCUT2D eigenvalue weighted by Gasteiger charge is -2.52. The molecule has 28 heavy (non-hydrogen) atoms. The van der Waals surface area contributed by atoms with E-state index in [1.807, 2.05) is 18.2 Å². The summed E-state index contributed by atoms with van der Waals surface area (Å²) in [5.74, 6) is 5.41. The zero-order valence-corrected chi connectivity index (χ0v) is 16.2. The van der Waals surface area contributed by atoms with Gasteiger partial charge in [-0.25, -0.2) is 4.79 Å². The van der Waals surface area contributed by atoms with Crippen LogP contribution in [0.4, 0.5) is 0 Å². The van der Waals surface area contributed by atoms with Crippen molar-refractivity contribution in [2.75, 3.05) is 0 Å². The van der Waals surface area contributed by atoms with Gasteiger partial charge in [0.2, 0.25) is 0 Å². The highest BCUT2D eigenvalue weighted by Crippen LogP contribution is 2.54. The van der Waals surface area contributed by atoms with Crippen molar-refractivity contribution in [1.82, 2.24) is 0 Å². The van der Waals surface area contributed by atoms with Crippen LogP contribution in [0.1, 0.15) is 59.7 Å². The molecule has 0 radical (unpaired) electrons. The first-order valence-electron chi connectivity index (χ1n) is 10.0. The maximum absolute atomic E-state index is 11.4. The number of aromatic carboxylic acids is 1. The Bertz CT molecular complexity index is 953. The van der Waals surface area contributed by atoms with E-state index in [1.54, 1.807) is 13.0 Å². The molecule has 3 atom stereocenters. The Morgan fingerprint density at radius 3 is 2.68 bits per heavy atom. The van der Waals surface area contributed by atoms with Crippen LogP contribution in [0.3, 0.4) is 0 Å². The molecule has 2 aliphatic rings. The Morgan fingerprint density at radius 1 is 1.18 bits per heavy atom. The van der Waals surface area contributed by atoms with Crippen molar-refractivity contribution in [2.24, 2.45) is 5.92 Å². The average Bonchev–Trinajstić information content (AvgIpc) is 2.69. The highest BCUT2D eigenvalue weighted by Gasteiger charge is 2.51. The summed E-state index contributed by atoms with van der Waals surface area (Å²) in [5.41, 5.74) is 3.08. The molecule has 1 fully saturated rings. The minimum atomic E-state index is -0.905. The largest absolute Gasteiger partial charge is 0.478 e. The summed E-state index contributed by atoms with van der Waals surface area (Å²) in [6, 6.07) is 16.1. The second kappa shape index (κ2) is 7.11. The van der Waals surface area contributed by atoms with Gasteiger partial charge in [0.1, 0.15) is 5.60 Å². The Hall–Kier alpha value is -2.57. The standard InChI is InChI=1S/C25H26O3/c1-2-12-24(28)13-14-25(16-18-6-4-3-5-7-18)21(17-24)10-8-19-15-20(23(26)27)9-11-22(19)25/h3-7,9,11,15,21,28H,8,10,13-14,16-17H2,1H3,(H,26,27). The number of hydrogen-bond donors (Lipinski definition) is 2. The molecule has 2 N–H and O–H groups in total. The summed E-state index contributed by atoms with van der Waals surface area (Å²) < 4.78 is 0. The molecule has 0 spiro atoms. The van der Waals surface area contributed by atoms with Gasteiger partial charge >= 0.3 is 5.97 Å². The smallest absolute Gasteiger partial charge is 0.335 e. The van der Waals surface area contributed by atoms with Gasteiger partial charge in [-0.05, 0) is 80.2 Å². The first-order valence-corrected chi connectivity index (χ1v) is 10.0. The van der Waals surface area contributed by atoms with E-state index in [4.69, 9.17) is 0 Å². The third-order valence-electron chi connectivity index (χ3n) is 6.72. The van der Waals surface area contributed by atoms with Crippen LogP contribution in [0.25, 0.3) is 0 Å². The Balaban J connectivity index is 1.80. The molecule has 0 bridgehead atoms. The van der Waals surface area contributed by atoms with E-state index in [2.05, 4.69) is 36.1 Å². The van der Waals surface area contributed by atoms with E-state index < -0.39 is 11.6 Å². The van der Waals surface area contributed by atoms with Gasteiger partial charge in [0.05, 0.1) is 5.56 Å². The zero-order chi connectivity index (χ0) is 19.8. The van der Waals surface area contributed by atoms with E-state index in [0.717, 1.165) is 31.2 Å². The number of rotatable bonds is 3. The number of fused-ring (bicyclic) bond motifs is 3. The van der Waals surface area contributed by atoms with E-state index >= 15 is 0 Å². The molecule has 2 aromatic rings. The molecule has 0 aromatic heterocycles. The molecule has 1 saturated carbocycles. The molecule has 3 nitrogen and oxygen atoms in total. The van der Waals surface area contributed by atoms with Gasteiger partial charge < -0.3 is 10.2 Å². The van der Waals surface area contributed by atoms with Crippen LogP contribution in [-0.2, 0) is 18.3 Å². The number of aryl methyl sites for hydroxylation is 1. The minimum Gasteiger partial charge on any atom is -0.478 e. The van der Waals surface area contributed by atoms with Crippen LogP contribution in [0.2, 0.25) is 0 Å². The molecule has 144 valence electrons. The van der Waals surface area contributed by atoms with Gasteiger partial charge in [0.25, 0.3) is 0 Å². The number of carboxylic acids is 1. The first-order chi connectivity index (χ1) is 13.5. The van der Waals surface area contributed by atoms with Gasteiger partial charge in [0.15, 0.2) is 0 Å². The predicted molar refractivity (Wildman–Crippen MR) is 109 cm³/mol. The van der Waals surface area contributed by atoms with E-state index in [0.29, 0.717) is 24.3 Å². The third-order valence-corrected chi connectivity index (χ3v) is 6.72. The highest BCUT2D eigenvalue weighted by molar-refractivity contribution is 5.88. The Morgan fingerprint density at radius 2 is 1.96 bits per heavy atom. The number of carboxylic acid groups (broad SMARTS) is 1. The van der Waals surface area contributed by atoms with E-state index in [9.17, 15) is 15.0 Å². The van der Waals surface area contributed by atoms with Gasteiger partial charge in [0, 0.05) is 5.41 Å². The monoisotopic (exact) mass is 374 g/mol. The molecule has 0 aliphatic heterocycles. The van der Waals surface area contributed by atoms with Crippen molar-refractivity contribution in [3.63, 3.8) is 0 Å². The summed E-state index contributed by atoms with van der Waals surface area (Å²) >= 11 is 0. The highest BCUT2D eigenvalue weighted by atomic mass is 16.4. The molecule has 2 aromatic carbocycles. The van der Waals surface area contributed by atoms with Crippen molar-refractivity contribution < 1.29 is 15.0 Å². The Labute approximate surface area is 166 Å². The molecular formula is C25H26O3. The summed E-state index contributed by atoms with van der Waals surface area (Å²) in [6.45, 7) is 1.79. The van der Waals surface area contributed by atoms with Crippen LogP contribution in [0, 0.1) is 17.8 Å². The van der Waals surface area contributed by atoms with Crippen LogP contribution in [-0.4, -0.2) is 21.8 Å². The number of carbonyl (C=O) groups is 1. The SMILES string of the molecule is CC#CC1(O)CCC2(Cc3ccccc3)c3ccc(C(=O)O)cc3CCC2C1. The second-order valence-corrected chi connectivity index (χ2v) is 8.34. The van der Waals surface area contributed by atoms with E-state index in [-0.39, 0.29) is 5.41 Å². The minimum absolute atomic E-state index is 0.0758. The fraction of sp³-hybridized carbons (Fsp3) is 0.400. The number of hydrogen-bond acceptors (Lipinski definition) is 2. The van der Waals surface area contributed by atoms with Gasteiger partial charge in [-0.15, -0.1) is 5.92 Å². The van der Waals surface area contributed by atoms with Crippen LogP contribution in [0.5, 0.6) is 0 Å². The molecular weight excluding hydrogens is 348 g/mol. The molecule has 4 rings (SSSR count). The van der Waals surface area contributed by atoms with E-state index in [1.165, 1.54) is 11.1 Å². The first kappa shape index (κ1) is 18.8. The van der Waals surface area contributed by atoms with Crippen LogP contribution in [0.15, 0.2) is 48.5 Å². The second-order valence-electron chi connectivity index (χ2n) is 8.34. The fourth-order valence-electron chi connectivity index (χ4n) is 5.46. The number of aliphatic hydroxyl groups is 1. The maximum Gasteiger partial charge on any atom is 0.335 e. The van der Waals surface area contributed by atoms with Crippen LogP contribution < -0.4 is 0 Å². The lowest BCUT2D eigenvalue weighted by atomic mass is 9.52. The van der Waals surface area contributed by atoms with Gasteiger partial charge in [-0.1, -0.05) is 42.3 Å².